The predicted octanol–water partition coefficient (Wildman–Crippen LogP) is 3.99. The van der Waals surface area contributed by atoms with Crippen LogP contribution in [-0.2, 0) is 6.42 Å². The highest BCUT2D eigenvalue weighted by Crippen LogP contribution is 2.18. The molecule has 0 aliphatic carbocycles. The highest BCUT2D eigenvalue weighted by atomic mass is 16.5. The molecule has 0 atom stereocenters. The number of fused-ring (bicyclic) bond motifs is 1. The highest BCUT2D eigenvalue weighted by molar-refractivity contribution is 5.83. The summed E-state index contributed by atoms with van der Waals surface area (Å²) in [6, 6.07) is 18.3. The van der Waals surface area contributed by atoms with E-state index in [1.165, 1.54) is 16.5 Å². The fraction of sp³-hybridized carbons (Fsp3) is 0.118. The molecule has 0 bridgehead atoms. The van der Waals surface area contributed by atoms with E-state index in [0.29, 0.717) is 6.61 Å². The Morgan fingerprint density at radius 3 is 2.63 bits per heavy atom. The highest BCUT2D eigenvalue weighted by Gasteiger charge is 2.02. The Morgan fingerprint density at radius 1 is 0.947 bits per heavy atom. The number of hydrogen-bond donors (Lipinski definition) is 1. The zero-order valence-corrected chi connectivity index (χ0v) is 10.7. The number of hydrogen-bond acceptors (Lipinski definition) is 1. The molecule has 1 heterocycles. The molecule has 2 nitrogen and oxygen atoms in total. The van der Waals surface area contributed by atoms with Crippen molar-refractivity contribution in [2.75, 3.05) is 6.61 Å². The molecule has 1 N–H and O–H groups in total. The molecular formula is C17H16NO. The summed E-state index contributed by atoms with van der Waals surface area (Å²) < 4.78 is 5.65. The first-order valence-electron chi connectivity index (χ1n) is 6.48. The third kappa shape index (κ3) is 2.79. The molecular weight excluding hydrogens is 234 g/mol. The maximum absolute atomic E-state index is 5.65. The van der Waals surface area contributed by atoms with Crippen molar-refractivity contribution < 1.29 is 4.74 Å². The van der Waals surface area contributed by atoms with E-state index in [0.717, 1.165) is 12.2 Å². The zero-order chi connectivity index (χ0) is 12.9. The van der Waals surface area contributed by atoms with Gasteiger partial charge in [-0.15, -0.1) is 0 Å². The molecule has 3 rings (SSSR count). The first kappa shape index (κ1) is 11.8. The molecule has 0 aliphatic rings. The molecule has 19 heavy (non-hydrogen) atoms. The minimum Gasteiger partial charge on any atom is -0.493 e. The largest absolute Gasteiger partial charge is 0.493 e. The summed E-state index contributed by atoms with van der Waals surface area (Å²) in [5, 5.41) is 1.29. The van der Waals surface area contributed by atoms with Crippen LogP contribution in [0.4, 0.5) is 0 Å². The van der Waals surface area contributed by atoms with Gasteiger partial charge in [0.1, 0.15) is 5.75 Å². The molecule has 0 fully saturated rings. The predicted molar refractivity (Wildman–Crippen MR) is 78.2 cm³/mol. The van der Waals surface area contributed by atoms with Crippen molar-refractivity contribution in [2.24, 2.45) is 0 Å². The van der Waals surface area contributed by atoms with E-state index < -0.39 is 0 Å². The van der Waals surface area contributed by atoms with Crippen LogP contribution < -0.4 is 4.74 Å². The van der Waals surface area contributed by atoms with E-state index in [1.807, 2.05) is 36.4 Å². The summed E-state index contributed by atoms with van der Waals surface area (Å²) in [6.07, 6.45) is 5.14. The fourth-order valence-electron chi connectivity index (χ4n) is 2.19. The molecule has 3 aromatic rings. The van der Waals surface area contributed by atoms with Crippen LogP contribution in [0.3, 0.4) is 0 Å². The zero-order valence-electron chi connectivity index (χ0n) is 10.7. The molecule has 0 saturated carbocycles. The van der Waals surface area contributed by atoms with Crippen molar-refractivity contribution in [3.8, 4) is 5.75 Å². The number of aromatic amines is 1. The molecule has 95 valence electrons. The van der Waals surface area contributed by atoms with E-state index in [9.17, 15) is 0 Å². The van der Waals surface area contributed by atoms with Gasteiger partial charge in [0, 0.05) is 23.5 Å². The maximum atomic E-state index is 5.65. The molecule has 0 saturated heterocycles. The minimum absolute atomic E-state index is 0.628. The van der Waals surface area contributed by atoms with Crippen molar-refractivity contribution in [1.82, 2.24) is 4.98 Å². The Hall–Kier alpha value is -2.22. The number of benzene rings is 2. The van der Waals surface area contributed by atoms with Gasteiger partial charge in [-0.1, -0.05) is 36.4 Å². The van der Waals surface area contributed by atoms with Gasteiger partial charge in [0.15, 0.2) is 0 Å². The van der Waals surface area contributed by atoms with Crippen LogP contribution in [0.15, 0.2) is 60.8 Å². The SMILES string of the molecule is [CH](COc1ccccc1)Cc1c[nH]c2ccccc12. The normalized spacial score (nSPS) is 10.7. The summed E-state index contributed by atoms with van der Waals surface area (Å²) in [4.78, 5) is 3.29. The van der Waals surface area contributed by atoms with E-state index >= 15 is 0 Å². The van der Waals surface area contributed by atoms with E-state index in [4.69, 9.17) is 4.74 Å². The van der Waals surface area contributed by atoms with Crippen molar-refractivity contribution in [2.45, 2.75) is 6.42 Å². The van der Waals surface area contributed by atoms with Gasteiger partial charge in [0.05, 0.1) is 6.61 Å². The van der Waals surface area contributed by atoms with Crippen LogP contribution in [0.25, 0.3) is 10.9 Å². The molecule has 1 aromatic heterocycles. The number of para-hydroxylation sites is 2. The number of H-pyrrole nitrogens is 1. The lowest BCUT2D eigenvalue weighted by atomic mass is 10.1. The molecule has 1 radical (unpaired) electrons. The topological polar surface area (TPSA) is 25.0 Å². The van der Waals surface area contributed by atoms with Gasteiger partial charge in [-0.05, 0) is 30.2 Å². The maximum Gasteiger partial charge on any atom is 0.119 e. The quantitative estimate of drug-likeness (QED) is 0.680. The van der Waals surface area contributed by atoms with Crippen LogP contribution in [0.5, 0.6) is 5.75 Å². The van der Waals surface area contributed by atoms with Crippen molar-refractivity contribution in [3.05, 3.63) is 72.8 Å². The van der Waals surface area contributed by atoms with Gasteiger partial charge in [-0.3, -0.25) is 0 Å². The molecule has 2 heteroatoms. The monoisotopic (exact) mass is 250 g/mol. The summed E-state index contributed by atoms with van der Waals surface area (Å²) in [5.41, 5.74) is 2.50. The Bertz CT molecular complexity index is 642. The average molecular weight is 250 g/mol. The lowest BCUT2D eigenvalue weighted by molar-refractivity contribution is 0.346. The smallest absolute Gasteiger partial charge is 0.119 e. The van der Waals surface area contributed by atoms with Gasteiger partial charge >= 0.3 is 0 Å². The molecule has 0 unspecified atom stereocenters. The summed E-state index contributed by atoms with van der Waals surface area (Å²) >= 11 is 0. The number of aromatic nitrogens is 1. The van der Waals surface area contributed by atoms with Crippen LogP contribution in [0.2, 0.25) is 0 Å². The van der Waals surface area contributed by atoms with Crippen LogP contribution in [0.1, 0.15) is 5.56 Å². The summed E-state index contributed by atoms with van der Waals surface area (Å²) in [6.45, 7) is 0.628. The summed E-state index contributed by atoms with van der Waals surface area (Å²) in [5.74, 6) is 0.915. The van der Waals surface area contributed by atoms with E-state index in [2.05, 4.69) is 35.8 Å². The first-order chi connectivity index (χ1) is 9.43. The lowest BCUT2D eigenvalue weighted by Gasteiger charge is -2.05. The van der Waals surface area contributed by atoms with E-state index in [-0.39, 0.29) is 0 Å². The van der Waals surface area contributed by atoms with Crippen LogP contribution >= 0.6 is 0 Å². The molecule has 0 aliphatic heterocycles. The van der Waals surface area contributed by atoms with Gasteiger partial charge in [-0.25, -0.2) is 0 Å². The Labute approximate surface area is 113 Å². The number of nitrogens with one attached hydrogen (secondary N) is 1. The van der Waals surface area contributed by atoms with Gasteiger partial charge in [0.25, 0.3) is 0 Å². The lowest BCUT2D eigenvalue weighted by Crippen LogP contribution is -1.99. The van der Waals surface area contributed by atoms with E-state index in [1.54, 1.807) is 0 Å². The Balaban J connectivity index is 1.55. The average Bonchev–Trinajstić information content (AvgIpc) is 2.88. The van der Waals surface area contributed by atoms with Crippen LogP contribution in [0, 0.1) is 6.42 Å². The second-order valence-corrected chi connectivity index (χ2v) is 4.48. The number of ether oxygens (including phenoxy) is 1. The molecule has 0 spiro atoms. The second kappa shape index (κ2) is 5.61. The Morgan fingerprint density at radius 2 is 1.74 bits per heavy atom. The van der Waals surface area contributed by atoms with Crippen molar-refractivity contribution in [3.63, 3.8) is 0 Å². The Kier molecular flexibility index (Phi) is 3.50. The molecule has 2 aromatic carbocycles. The van der Waals surface area contributed by atoms with Crippen molar-refractivity contribution in [1.29, 1.82) is 0 Å². The second-order valence-electron chi connectivity index (χ2n) is 4.48. The molecule has 0 amide bonds. The van der Waals surface area contributed by atoms with Gasteiger partial charge in [0.2, 0.25) is 0 Å². The first-order valence-corrected chi connectivity index (χ1v) is 6.48. The van der Waals surface area contributed by atoms with Gasteiger partial charge < -0.3 is 9.72 Å². The van der Waals surface area contributed by atoms with Crippen molar-refractivity contribution >= 4 is 10.9 Å². The van der Waals surface area contributed by atoms with Gasteiger partial charge in [-0.2, -0.15) is 0 Å². The van der Waals surface area contributed by atoms with Crippen LogP contribution in [-0.4, -0.2) is 11.6 Å². The fourth-order valence-corrected chi connectivity index (χ4v) is 2.19. The minimum atomic E-state index is 0.628. The third-order valence-corrected chi connectivity index (χ3v) is 3.15. The third-order valence-electron chi connectivity index (χ3n) is 3.15. The number of rotatable bonds is 5. The standard InChI is InChI=1S/C17H16NO/c1-2-8-15(9-3-1)19-12-6-7-14-13-18-17-11-5-4-10-16(14)17/h1-6,8-11,13,18H,7,12H2. The summed E-state index contributed by atoms with van der Waals surface area (Å²) in [7, 11) is 0.